The van der Waals surface area contributed by atoms with Gasteiger partial charge >= 0.3 is 0 Å². The summed E-state index contributed by atoms with van der Waals surface area (Å²) >= 11 is 6.02. The van der Waals surface area contributed by atoms with Crippen molar-refractivity contribution in [3.05, 3.63) is 58.9 Å². The van der Waals surface area contributed by atoms with E-state index in [0.29, 0.717) is 5.02 Å². The van der Waals surface area contributed by atoms with Crippen molar-refractivity contribution in [3.8, 4) is 5.75 Å². The lowest BCUT2D eigenvalue weighted by atomic mass is 10.1. The Balaban J connectivity index is 2.04. The lowest BCUT2D eigenvalue weighted by molar-refractivity contribution is 0.317. The predicted octanol–water partition coefficient (Wildman–Crippen LogP) is 5.44. The van der Waals surface area contributed by atoms with Gasteiger partial charge in [0, 0.05) is 6.04 Å². The first kappa shape index (κ1) is 15.6. The van der Waals surface area contributed by atoms with Crippen molar-refractivity contribution in [1.82, 2.24) is 0 Å². The number of benzene rings is 2. The van der Waals surface area contributed by atoms with E-state index in [0.717, 1.165) is 30.0 Å². The Morgan fingerprint density at radius 3 is 2.52 bits per heavy atom. The standard InChI is InChI=1S/C17H19ClFNO/c1-3-10-21-15-7-4-13(5-8-15)12(2)20-17-9-6-14(19)11-16(17)18/h4-9,11-12,20H,3,10H2,1-2H3. The van der Waals surface area contributed by atoms with Crippen molar-refractivity contribution in [2.45, 2.75) is 26.3 Å². The van der Waals surface area contributed by atoms with Crippen LogP contribution in [-0.4, -0.2) is 6.61 Å². The Morgan fingerprint density at radius 1 is 1.19 bits per heavy atom. The molecule has 2 aromatic rings. The van der Waals surface area contributed by atoms with Crippen molar-refractivity contribution >= 4 is 17.3 Å². The molecule has 0 radical (unpaired) electrons. The van der Waals surface area contributed by atoms with Gasteiger partial charge < -0.3 is 10.1 Å². The Labute approximate surface area is 129 Å². The van der Waals surface area contributed by atoms with Crippen molar-refractivity contribution < 1.29 is 9.13 Å². The fourth-order valence-corrected chi connectivity index (χ4v) is 2.22. The van der Waals surface area contributed by atoms with E-state index < -0.39 is 0 Å². The maximum absolute atomic E-state index is 13.0. The lowest BCUT2D eigenvalue weighted by Gasteiger charge is -2.17. The topological polar surface area (TPSA) is 21.3 Å². The van der Waals surface area contributed by atoms with E-state index in [4.69, 9.17) is 16.3 Å². The van der Waals surface area contributed by atoms with Crippen LogP contribution >= 0.6 is 11.6 Å². The third-order valence-corrected chi connectivity index (χ3v) is 3.47. The normalized spacial score (nSPS) is 12.0. The van der Waals surface area contributed by atoms with E-state index in [1.807, 2.05) is 31.2 Å². The van der Waals surface area contributed by atoms with E-state index in [1.54, 1.807) is 6.07 Å². The maximum atomic E-state index is 13.0. The summed E-state index contributed by atoms with van der Waals surface area (Å²) in [7, 11) is 0. The monoisotopic (exact) mass is 307 g/mol. The van der Waals surface area contributed by atoms with Crippen LogP contribution in [0.3, 0.4) is 0 Å². The van der Waals surface area contributed by atoms with Gasteiger partial charge in [-0.15, -0.1) is 0 Å². The highest BCUT2D eigenvalue weighted by Crippen LogP contribution is 2.27. The molecule has 0 bridgehead atoms. The predicted molar refractivity (Wildman–Crippen MR) is 85.7 cm³/mol. The van der Waals surface area contributed by atoms with Gasteiger partial charge in [-0.25, -0.2) is 4.39 Å². The summed E-state index contributed by atoms with van der Waals surface area (Å²) in [5, 5.41) is 3.66. The molecule has 2 aromatic carbocycles. The molecule has 0 aliphatic carbocycles. The minimum absolute atomic E-state index is 0.0631. The van der Waals surface area contributed by atoms with Crippen molar-refractivity contribution in [3.63, 3.8) is 0 Å². The molecule has 0 amide bonds. The van der Waals surface area contributed by atoms with Crippen LogP contribution in [0.2, 0.25) is 5.02 Å². The van der Waals surface area contributed by atoms with Gasteiger partial charge in [0.1, 0.15) is 11.6 Å². The van der Waals surface area contributed by atoms with Crippen LogP contribution in [0.25, 0.3) is 0 Å². The first-order chi connectivity index (χ1) is 10.1. The molecule has 0 fully saturated rings. The quantitative estimate of drug-likeness (QED) is 0.767. The lowest BCUT2D eigenvalue weighted by Crippen LogP contribution is -2.07. The minimum atomic E-state index is -0.337. The highest BCUT2D eigenvalue weighted by Gasteiger charge is 2.08. The largest absolute Gasteiger partial charge is 0.494 e. The van der Waals surface area contributed by atoms with E-state index in [1.165, 1.54) is 12.1 Å². The Kier molecular flexibility index (Phi) is 5.45. The van der Waals surface area contributed by atoms with Crippen LogP contribution in [0.15, 0.2) is 42.5 Å². The average Bonchev–Trinajstić information content (AvgIpc) is 2.48. The second-order valence-electron chi connectivity index (χ2n) is 4.91. The molecule has 0 aromatic heterocycles. The van der Waals surface area contributed by atoms with E-state index >= 15 is 0 Å². The van der Waals surface area contributed by atoms with Gasteiger partial charge in [0.05, 0.1) is 17.3 Å². The fraction of sp³-hybridized carbons (Fsp3) is 0.294. The van der Waals surface area contributed by atoms with Gasteiger partial charge in [-0.2, -0.15) is 0 Å². The minimum Gasteiger partial charge on any atom is -0.494 e. The number of halogens is 2. The first-order valence-corrected chi connectivity index (χ1v) is 7.42. The zero-order valence-corrected chi connectivity index (χ0v) is 13.0. The molecule has 4 heteroatoms. The SMILES string of the molecule is CCCOc1ccc(C(C)Nc2ccc(F)cc2Cl)cc1. The van der Waals surface area contributed by atoms with Gasteiger partial charge in [0.25, 0.3) is 0 Å². The molecular formula is C17H19ClFNO. The molecule has 0 spiro atoms. The summed E-state index contributed by atoms with van der Waals surface area (Å²) in [5.41, 5.74) is 1.83. The molecular weight excluding hydrogens is 289 g/mol. The molecule has 2 nitrogen and oxygen atoms in total. The Hall–Kier alpha value is -1.74. The zero-order valence-electron chi connectivity index (χ0n) is 12.2. The van der Waals surface area contributed by atoms with Crippen molar-refractivity contribution in [1.29, 1.82) is 0 Å². The molecule has 21 heavy (non-hydrogen) atoms. The summed E-state index contributed by atoms with van der Waals surface area (Å²) in [4.78, 5) is 0. The second kappa shape index (κ2) is 7.32. The number of hydrogen-bond donors (Lipinski definition) is 1. The van der Waals surface area contributed by atoms with Gasteiger partial charge in [0.15, 0.2) is 0 Å². The van der Waals surface area contributed by atoms with E-state index in [9.17, 15) is 4.39 Å². The van der Waals surface area contributed by atoms with Crippen molar-refractivity contribution in [2.24, 2.45) is 0 Å². The molecule has 112 valence electrons. The summed E-state index contributed by atoms with van der Waals surface area (Å²) in [6, 6.07) is 12.3. The molecule has 1 atom stereocenters. The summed E-state index contributed by atoms with van der Waals surface area (Å²) in [5.74, 6) is 0.531. The van der Waals surface area contributed by atoms with Gasteiger partial charge in [-0.05, 0) is 49.2 Å². The number of ether oxygens (including phenoxy) is 1. The van der Waals surface area contributed by atoms with Gasteiger partial charge in [0.2, 0.25) is 0 Å². The van der Waals surface area contributed by atoms with Crippen LogP contribution in [0.5, 0.6) is 5.75 Å². The first-order valence-electron chi connectivity index (χ1n) is 7.04. The zero-order chi connectivity index (χ0) is 15.2. The summed E-state index contributed by atoms with van der Waals surface area (Å²) in [6.45, 7) is 4.83. The number of anilines is 1. The molecule has 0 aliphatic heterocycles. The van der Waals surface area contributed by atoms with Gasteiger partial charge in [-0.3, -0.25) is 0 Å². The third-order valence-electron chi connectivity index (χ3n) is 3.16. The van der Waals surface area contributed by atoms with Crippen LogP contribution in [0.4, 0.5) is 10.1 Å². The molecule has 1 N–H and O–H groups in total. The Morgan fingerprint density at radius 2 is 1.90 bits per heavy atom. The van der Waals surface area contributed by atoms with E-state index in [2.05, 4.69) is 12.2 Å². The van der Waals surface area contributed by atoms with Crippen molar-refractivity contribution in [2.75, 3.05) is 11.9 Å². The Bertz CT molecular complexity index is 586. The fourth-order valence-electron chi connectivity index (χ4n) is 2.00. The maximum Gasteiger partial charge on any atom is 0.124 e. The number of rotatable bonds is 6. The average molecular weight is 308 g/mol. The van der Waals surface area contributed by atoms with Crippen LogP contribution in [-0.2, 0) is 0 Å². The number of hydrogen-bond acceptors (Lipinski definition) is 2. The van der Waals surface area contributed by atoms with Crippen LogP contribution in [0, 0.1) is 5.82 Å². The highest BCUT2D eigenvalue weighted by molar-refractivity contribution is 6.33. The van der Waals surface area contributed by atoms with Crippen LogP contribution in [0.1, 0.15) is 31.9 Å². The smallest absolute Gasteiger partial charge is 0.124 e. The third kappa shape index (κ3) is 4.36. The van der Waals surface area contributed by atoms with E-state index in [-0.39, 0.29) is 11.9 Å². The molecule has 0 aliphatic rings. The molecule has 0 heterocycles. The molecule has 0 saturated heterocycles. The van der Waals surface area contributed by atoms with Crippen LogP contribution < -0.4 is 10.1 Å². The highest BCUT2D eigenvalue weighted by atomic mass is 35.5. The second-order valence-corrected chi connectivity index (χ2v) is 5.31. The number of nitrogens with one attached hydrogen (secondary N) is 1. The molecule has 0 saturated carbocycles. The molecule has 1 unspecified atom stereocenters. The molecule has 2 rings (SSSR count). The van der Waals surface area contributed by atoms with Gasteiger partial charge in [-0.1, -0.05) is 30.7 Å². The summed E-state index contributed by atoms with van der Waals surface area (Å²) < 4.78 is 18.6. The summed E-state index contributed by atoms with van der Waals surface area (Å²) in [6.07, 6.45) is 0.989.